The molecule has 0 spiro atoms. The molecule has 1 heterocycles. The minimum Gasteiger partial charge on any atom is -0.378 e. The molecule has 0 saturated heterocycles. The SMILES string of the molecule is O=C(NCCCOC1CCCCC1)c1cnccc1Cl. The highest BCUT2D eigenvalue weighted by atomic mass is 35.5. The lowest BCUT2D eigenvalue weighted by Crippen LogP contribution is -2.26. The highest BCUT2D eigenvalue weighted by Crippen LogP contribution is 2.20. The van der Waals surface area contributed by atoms with Gasteiger partial charge in [0.1, 0.15) is 0 Å². The van der Waals surface area contributed by atoms with E-state index < -0.39 is 0 Å². The molecular weight excluding hydrogens is 276 g/mol. The zero-order valence-corrected chi connectivity index (χ0v) is 12.4. The molecule has 0 atom stereocenters. The second kappa shape index (κ2) is 8.22. The zero-order valence-electron chi connectivity index (χ0n) is 11.6. The molecule has 1 aliphatic carbocycles. The molecule has 1 aromatic rings. The monoisotopic (exact) mass is 296 g/mol. The van der Waals surface area contributed by atoms with Gasteiger partial charge in [-0.15, -0.1) is 0 Å². The summed E-state index contributed by atoms with van der Waals surface area (Å²) < 4.78 is 5.80. The summed E-state index contributed by atoms with van der Waals surface area (Å²) in [5.74, 6) is -0.180. The van der Waals surface area contributed by atoms with Crippen LogP contribution in [0.3, 0.4) is 0 Å². The summed E-state index contributed by atoms with van der Waals surface area (Å²) in [6.07, 6.45) is 10.5. The van der Waals surface area contributed by atoms with Gasteiger partial charge >= 0.3 is 0 Å². The van der Waals surface area contributed by atoms with E-state index in [-0.39, 0.29) is 5.91 Å². The van der Waals surface area contributed by atoms with Crippen LogP contribution in [-0.2, 0) is 4.74 Å². The molecule has 1 saturated carbocycles. The van der Waals surface area contributed by atoms with Gasteiger partial charge in [-0.2, -0.15) is 0 Å². The summed E-state index contributed by atoms with van der Waals surface area (Å²) in [6, 6.07) is 1.61. The van der Waals surface area contributed by atoms with E-state index in [9.17, 15) is 4.79 Å². The van der Waals surface area contributed by atoms with Crippen LogP contribution >= 0.6 is 11.6 Å². The van der Waals surface area contributed by atoms with Gasteiger partial charge in [-0.05, 0) is 25.3 Å². The van der Waals surface area contributed by atoms with Crippen LogP contribution in [0.4, 0.5) is 0 Å². The normalized spacial score (nSPS) is 16.1. The summed E-state index contributed by atoms with van der Waals surface area (Å²) in [6.45, 7) is 1.29. The molecular formula is C15H21ClN2O2. The Balaban J connectivity index is 1.61. The van der Waals surface area contributed by atoms with Crippen molar-refractivity contribution in [1.82, 2.24) is 10.3 Å². The maximum Gasteiger partial charge on any atom is 0.254 e. The standard InChI is InChI=1S/C15H21ClN2O2/c16-14-7-9-17-11-13(14)15(19)18-8-4-10-20-12-5-2-1-3-6-12/h7,9,11-12H,1-6,8,10H2,(H,18,19). The van der Waals surface area contributed by atoms with Crippen LogP contribution < -0.4 is 5.32 Å². The second-order valence-corrected chi connectivity index (χ2v) is 5.50. The number of hydrogen-bond donors (Lipinski definition) is 1. The van der Waals surface area contributed by atoms with Crippen LogP contribution in [0.1, 0.15) is 48.9 Å². The van der Waals surface area contributed by atoms with Crippen molar-refractivity contribution in [3.63, 3.8) is 0 Å². The molecule has 1 N–H and O–H groups in total. The number of rotatable bonds is 6. The van der Waals surface area contributed by atoms with E-state index in [1.165, 1.54) is 38.3 Å². The summed E-state index contributed by atoms with van der Waals surface area (Å²) in [4.78, 5) is 15.8. The van der Waals surface area contributed by atoms with E-state index in [0.717, 1.165) is 6.42 Å². The fourth-order valence-corrected chi connectivity index (χ4v) is 2.59. The quantitative estimate of drug-likeness (QED) is 0.820. The van der Waals surface area contributed by atoms with Crippen molar-refractivity contribution in [3.05, 3.63) is 29.0 Å². The smallest absolute Gasteiger partial charge is 0.254 e. The minimum atomic E-state index is -0.180. The van der Waals surface area contributed by atoms with E-state index in [2.05, 4.69) is 10.3 Å². The summed E-state index contributed by atoms with van der Waals surface area (Å²) in [5.41, 5.74) is 0.419. The molecule has 20 heavy (non-hydrogen) atoms. The zero-order chi connectivity index (χ0) is 14.2. The van der Waals surface area contributed by atoms with Crippen molar-refractivity contribution < 1.29 is 9.53 Å². The van der Waals surface area contributed by atoms with Crippen molar-refractivity contribution in [2.45, 2.75) is 44.6 Å². The van der Waals surface area contributed by atoms with Crippen molar-refractivity contribution in [2.24, 2.45) is 0 Å². The van der Waals surface area contributed by atoms with Crippen LogP contribution in [0, 0.1) is 0 Å². The predicted octanol–water partition coefficient (Wildman–Crippen LogP) is 3.20. The first-order chi connectivity index (χ1) is 9.77. The topological polar surface area (TPSA) is 51.2 Å². The Morgan fingerprint density at radius 3 is 2.95 bits per heavy atom. The van der Waals surface area contributed by atoms with Gasteiger partial charge in [0.25, 0.3) is 5.91 Å². The van der Waals surface area contributed by atoms with Crippen LogP contribution in [0.15, 0.2) is 18.5 Å². The fraction of sp³-hybridized carbons (Fsp3) is 0.600. The van der Waals surface area contributed by atoms with Gasteiger partial charge in [-0.1, -0.05) is 30.9 Å². The molecule has 0 bridgehead atoms. The lowest BCUT2D eigenvalue weighted by molar-refractivity contribution is 0.0273. The number of carbonyl (C=O) groups is 1. The summed E-state index contributed by atoms with van der Waals surface area (Å²) in [5, 5.41) is 3.26. The van der Waals surface area contributed by atoms with Gasteiger partial charge in [0.2, 0.25) is 0 Å². The third kappa shape index (κ3) is 4.76. The molecule has 1 aliphatic rings. The molecule has 0 aromatic carbocycles. The van der Waals surface area contributed by atoms with E-state index >= 15 is 0 Å². The van der Waals surface area contributed by atoms with Crippen molar-refractivity contribution >= 4 is 17.5 Å². The highest BCUT2D eigenvalue weighted by Gasteiger charge is 2.13. The second-order valence-electron chi connectivity index (χ2n) is 5.10. The first-order valence-electron chi connectivity index (χ1n) is 7.26. The highest BCUT2D eigenvalue weighted by molar-refractivity contribution is 6.33. The Bertz CT molecular complexity index is 434. The Morgan fingerprint density at radius 1 is 1.40 bits per heavy atom. The van der Waals surface area contributed by atoms with Crippen molar-refractivity contribution in [2.75, 3.05) is 13.2 Å². The number of nitrogens with zero attached hydrogens (tertiary/aromatic N) is 1. The number of ether oxygens (including phenoxy) is 1. The van der Waals surface area contributed by atoms with Gasteiger partial charge in [-0.3, -0.25) is 9.78 Å². The Kier molecular flexibility index (Phi) is 6.27. The van der Waals surface area contributed by atoms with Gasteiger partial charge in [0, 0.05) is 25.5 Å². The first kappa shape index (κ1) is 15.3. The number of carbonyl (C=O) groups excluding carboxylic acids is 1. The molecule has 1 fully saturated rings. The molecule has 4 nitrogen and oxygen atoms in total. The maximum absolute atomic E-state index is 11.9. The minimum absolute atomic E-state index is 0.180. The molecule has 0 radical (unpaired) electrons. The third-order valence-corrected chi connectivity index (χ3v) is 3.85. The molecule has 1 amide bonds. The van der Waals surface area contributed by atoms with Crippen LogP contribution in [-0.4, -0.2) is 30.1 Å². The van der Waals surface area contributed by atoms with E-state index in [1.54, 1.807) is 12.3 Å². The van der Waals surface area contributed by atoms with Crippen LogP contribution in [0.25, 0.3) is 0 Å². The molecule has 1 aromatic heterocycles. The predicted molar refractivity (Wildman–Crippen MR) is 79.0 cm³/mol. The van der Waals surface area contributed by atoms with Gasteiger partial charge in [0.05, 0.1) is 16.7 Å². The Hall–Kier alpha value is -1.13. The molecule has 5 heteroatoms. The van der Waals surface area contributed by atoms with Crippen LogP contribution in [0.5, 0.6) is 0 Å². The Morgan fingerprint density at radius 2 is 2.20 bits per heavy atom. The van der Waals surface area contributed by atoms with E-state index in [1.807, 2.05) is 0 Å². The fourth-order valence-electron chi connectivity index (χ4n) is 2.40. The van der Waals surface area contributed by atoms with Crippen molar-refractivity contribution in [1.29, 1.82) is 0 Å². The average molecular weight is 297 g/mol. The molecule has 2 rings (SSSR count). The van der Waals surface area contributed by atoms with Gasteiger partial charge in [-0.25, -0.2) is 0 Å². The van der Waals surface area contributed by atoms with Gasteiger partial charge in [0.15, 0.2) is 0 Å². The molecule has 110 valence electrons. The number of hydrogen-bond acceptors (Lipinski definition) is 3. The largest absolute Gasteiger partial charge is 0.378 e. The summed E-state index contributed by atoms with van der Waals surface area (Å²) >= 11 is 5.94. The van der Waals surface area contributed by atoms with E-state index in [4.69, 9.17) is 16.3 Å². The molecule has 0 aliphatic heterocycles. The number of amides is 1. The number of halogens is 1. The number of pyridine rings is 1. The summed E-state index contributed by atoms with van der Waals surface area (Å²) in [7, 11) is 0. The average Bonchev–Trinajstić information content (AvgIpc) is 2.48. The lowest BCUT2D eigenvalue weighted by Gasteiger charge is -2.21. The first-order valence-corrected chi connectivity index (χ1v) is 7.64. The third-order valence-electron chi connectivity index (χ3n) is 3.52. The lowest BCUT2D eigenvalue weighted by atomic mass is 9.98. The van der Waals surface area contributed by atoms with E-state index in [0.29, 0.717) is 29.8 Å². The number of aromatic nitrogens is 1. The van der Waals surface area contributed by atoms with Crippen LogP contribution in [0.2, 0.25) is 5.02 Å². The van der Waals surface area contributed by atoms with Gasteiger partial charge < -0.3 is 10.1 Å². The molecule has 0 unspecified atom stereocenters. The van der Waals surface area contributed by atoms with Crippen molar-refractivity contribution in [3.8, 4) is 0 Å². The Labute approximate surface area is 124 Å². The maximum atomic E-state index is 11.9. The number of nitrogens with one attached hydrogen (secondary N) is 1.